The number of unbranched alkanes of at least 4 members (excludes halogenated alkanes) is 1. The minimum absolute atomic E-state index is 0.0630. The van der Waals surface area contributed by atoms with Crippen LogP contribution in [0.15, 0.2) is 30.3 Å². The molecule has 0 spiro atoms. The monoisotopic (exact) mass is 1230 g/mol. The Bertz CT molecular complexity index is 2420. The zero-order valence-electron chi connectivity index (χ0n) is 51.4. The van der Waals surface area contributed by atoms with Crippen LogP contribution in [0.2, 0.25) is 0 Å². The molecule has 0 saturated carbocycles. The molecular weight excluding hydrogens is 1130 g/mol. The summed E-state index contributed by atoms with van der Waals surface area (Å²) in [5.41, 5.74) is 30.1. The van der Waals surface area contributed by atoms with E-state index in [4.69, 9.17) is 33.4 Å². The summed E-state index contributed by atoms with van der Waals surface area (Å²) in [5, 5.41) is 42.6. The lowest BCUT2D eigenvalue weighted by Crippen LogP contribution is -2.59. The van der Waals surface area contributed by atoms with E-state index < -0.39 is 175 Å². The van der Waals surface area contributed by atoms with Gasteiger partial charge in [-0.3, -0.25) is 57.5 Å². The largest absolute Gasteiger partial charge is 0.465 e. The van der Waals surface area contributed by atoms with Crippen molar-refractivity contribution in [2.45, 2.75) is 186 Å². The number of benzene rings is 1. The molecule has 28 nitrogen and oxygen atoms in total. The maximum Gasteiger partial charge on any atom is 0.309 e. The Labute approximate surface area is 510 Å². The molecule has 1 saturated heterocycles. The molecule has 1 aromatic carbocycles. The van der Waals surface area contributed by atoms with E-state index in [2.05, 4.69) is 42.5 Å². The Morgan fingerprint density at radius 2 is 1.18 bits per heavy atom. The average Bonchev–Trinajstić information content (AvgIpc) is 3.04. The highest BCUT2D eigenvalue weighted by Gasteiger charge is 2.38. The molecule has 0 aliphatic carbocycles. The first kappa shape index (κ1) is 76.3. The molecule has 490 valence electrons. The van der Waals surface area contributed by atoms with Gasteiger partial charge in [0.2, 0.25) is 47.3 Å². The van der Waals surface area contributed by atoms with Gasteiger partial charge in [0.25, 0.3) is 0 Å². The SMILES string of the molecule is CCCCOC(=O)C(C)CC(=O)N[C@@H](CCN)C(=O)C[C@H](C(=O)N[C@@H](CCN)C(=O)C[C@H]1CCNC(=O)[C@H](C(C)O)NC(=O)[C@H](CCN)CC(=O)[C@H](CCN)NC(=O)[C@H](CC(C)C)NC(=O)[C@@H](Cc2ccccc2)NC(=O)[C@H](CCN)NC1=O)C(C)O. The van der Waals surface area contributed by atoms with Crippen LogP contribution in [-0.2, 0) is 68.7 Å². The van der Waals surface area contributed by atoms with Gasteiger partial charge in [0, 0.05) is 50.5 Å². The molecule has 8 amide bonds. The third-order valence-electron chi connectivity index (χ3n) is 14.8. The van der Waals surface area contributed by atoms with E-state index in [1.54, 1.807) is 44.2 Å². The lowest BCUT2D eigenvalue weighted by Gasteiger charge is -2.28. The van der Waals surface area contributed by atoms with Crippen LogP contribution in [0.5, 0.6) is 0 Å². The summed E-state index contributed by atoms with van der Waals surface area (Å²) < 4.78 is 5.20. The number of esters is 1. The molecule has 3 unspecified atom stereocenters. The number of amides is 8. The molecule has 0 bridgehead atoms. The van der Waals surface area contributed by atoms with E-state index >= 15 is 0 Å². The first-order valence-electron chi connectivity index (χ1n) is 30.3. The number of aliphatic hydroxyl groups is 2. The Balaban J connectivity index is 2.67. The van der Waals surface area contributed by atoms with Gasteiger partial charge in [-0.1, -0.05) is 64.4 Å². The van der Waals surface area contributed by atoms with E-state index in [0.29, 0.717) is 12.0 Å². The van der Waals surface area contributed by atoms with E-state index in [9.17, 15) is 67.7 Å². The van der Waals surface area contributed by atoms with Crippen LogP contribution >= 0.6 is 0 Å². The second-order valence-corrected chi connectivity index (χ2v) is 22.8. The molecule has 0 aromatic heterocycles. The van der Waals surface area contributed by atoms with Crippen molar-refractivity contribution in [3.05, 3.63) is 35.9 Å². The summed E-state index contributed by atoms with van der Waals surface area (Å²) in [6.07, 6.45) is -4.77. The van der Waals surface area contributed by atoms with Crippen molar-refractivity contribution in [1.82, 2.24) is 42.5 Å². The highest BCUT2D eigenvalue weighted by atomic mass is 16.5. The first-order chi connectivity index (χ1) is 41.2. The molecular formula is C59H99N13O15. The molecule has 1 aliphatic heterocycles. The van der Waals surface area contributed by atoms with Crippen molar-refractivity contribution in [2.75, 3.05) is 45.9 Å². The van der Waals surface area contributed by atoms with Crippen LogP contribution in [0.4, 0.5) is 0 Å². The third-order valence-corrected chi connectivity index (χ3v) is 14.8. The molecule has 1 aliphatic rings. The minimum atomic E-state index is -1.64. The first-order valence-corrected chi connectivity index (χ1v) is 30.3. The number of hydrogen-bond donors (Lipinski definition) is 15. The van der Waals surface area contributed by atoms with Gasteiger partial charge in [0.15, 0.2) is 17.3 Å². The number of ketones is 3. The predicted molar refractivity (Wildman–Crippen MR) is 321 cm³/mol. The number of nitrogens with two attached hydrogens (primary N) is 5. The number of nitrogens with one attached hydrogen (secondary N) is 8. The zero-order chi connectivity index (χ0) is 65.3. The van der Waals surface area contributed by atoms with Crippen molar-refractivity contribution in [1.29, 1.82) is 0 Å². The van der Waals surface area contributed by atoms with E-state index in [1.165, 1.54) is 20.8 Å². The summed E-state index contributed by atoms with van der Waals surface area (Å²) in [6.45, 7) is 8.65. The van der Waals surface area contributed by atoms with Crippen LogP contribution in [-0.4, -0.2) is 181 Å². The fraction of sp³-hybridized carbons (Fsp3) is 0.695. The maximum absolute atomic E-state index is 14.6. The van der Waals surface area contributed by atoms with Gasteiger partial charge in [-0.2, -0.15) is 0 Å². The van der Waals surface area contributed by atoms with Crippen LogP contribution < -0.4 is 71.2 Å². The third kappa shape index (κ3) is 27.4. The normalized spacial score (nSPS) is 22.7. The molecule has 87 heavy (non-hydrogen) atoms. The van der Waals surface area contributed by atoms with Gasteiger partial charge in [-0.15, -0.1) is 0 Å². The van der Waals surface area contributed by atoms with Gasteiger partial charge in [-0.05, 0) is 109 Å². The molecule has 0 radical (unpaired) electrons. The van der Waals surface area contributed by atoms with Crippen LogP contribution in [0.1, 0.15) is 131 Å². The molecule has 2 rings (SSSR count). The number of rotatable bonds is 31. The summed E-state index contributed by atoms with van der Waals surface area (Å²) in [4.78, 5) is 167. The van der Waals surface area contributed by atoms with Crippen LogP contribution in [0.3, 0.4) is 0 Å². The van der Waals surface area contributed by atoms with Crippen LogP contribution in [0.25, 0.3) is 0 Å². The fourth-order valence-corrected chi connectivity index (χ4v) is 9.72. The van der Waals surface area contributed by atoms with Gasteiger partial charge in [0.05, 0.1) is 48.8 Å². The number of Topliss-reactive ketones (excluding diaryl/α,β-unsaturated/α-hetero) is 3. The van der Waals surface area contributed by atoms with Crippen molar-refractivity contribution >= 4 is 70.6 Å². The Hall–Kier alpha value is -6.82. The van der Waals surface area contributed by atoms with E-state index in [1.807, 2.05) is 6.92 Å². The molecule has 1 heterocycles. The lowest BCUT2D eigenvalue weighted by atomic mass is 9.90. The highest BCUT2D eigenvalue weighted by Crippen LogP contribution is 2.19. The molecule has 1 fully saturated rings. The second kappa shape index (κ2) is 40.6. The Morgan fingerprint density at radius 3 is 1.76 bits per heavy atom. The van der Waals surface area contributed by atoms with Gasteiger partial charge in [-0.25, -0.2) is 0 Å². The summed E-state index contributed by atoms with van der Waals surface area (Å²) in [5.74, 6) is -14.6. The topological polar surface area (TPSA) is 481 Å². The molecule has 28 heteroatoms. The number of ether oxygens (including phenoxy) is 1. The van der Waals surface area contributed by atoms with Gasteiger partial charge in [0.1, 0.15) is 24.2 Å². The molecule has 1 aromatic rings. The number of aliphatic hydroxyl groups excluding tert-OH is 2. The minimum Gasteiger partial charge on any atom is -0.465 e. The van der Waals surface area contributed by atoms with Gasteiger partial charge < -0.3 is 86.2 Å². The van der Waals surface area contributed by atoms with E-state index in [0.717, 1.165) is 6.42 Å². The Kier molecular flexibility index (Phi) is 35.6. The number of hydrogen-bond acceptors (Lipinski definition) is 20. The summed E-state index contributed by atoms with van der Waals surface area (Å²) >= 11 is 0. The number of carbonyl (C=O) groups excluding carboxylic acids is 12. The number of carbonyl (C=O) groups is 12. The van der Waals surface area contributed by atoms with E-state index in [-0.39, 0.29) is 103 Å². The lowest BCUT2D eigenvalue weighted by molar-refractivity contribution is -0.150. The van der Waals surface area contributed by atoms with Crippen molar-refractivity contribution < 1.29 is 72.5 Å². The highest BCUT2D eigenvalue weighted by molar-refractivity contribution is 5.99. The van der Waals surface area contributed by atoms with Crippen molar-refractivity contribution in [3.63, 3.8) is 0 Å². The maximum atomic E-state index is 14.6. The second-order valence-electron chi connectivity index (χ2n) is 22.8. The fourth-order valence-electron chi connectivity index (χ4n) is 9.72. The zero-order valence-corrected chi connectivity index (χ0v) is 51.4. The summed E-state index contributed by atoms with van der Waals surface area (Å²) in [7, 11) is 0. The van der Waals surface area contributed by atoms with Gasteiger partial charge >= 0.3 is 5.97 Å². The van der Waals surface area contributed by atoms with Crippen molar-refractivity contribution in [3.8, 4) is 0 Å². The van der Waals surface area contributed by atoms with Crippen LogP contribution in [0, 0.1) is 29.6 Å². The Morgan fingerprint density at radius 1 is 0.632 bits per heavy atom. The smallest absolute Gasteiger partial charge is 0.309 e. The molecule has 13 atom stereocenters. The molecule has 20 N–H and O–H groups in total. The summed E-state index contributed by atoms with van der Waals surface area (Å²) in [6, 6.07) is -1.11. The standard InChI is InChI=1S/C59H99N13O15/c1-7-8-26-87-59(86)34(4)28-50(78)66-41(15-21-61)49(77)32-40(35(5)73)54(81)67-42(16-22-62)48(76)31-39-19-25-65-58(85)51(36(6)74)72-53(80)38(14-20-60)30-47(75)43(17-23-63)68-56(83)45(27-33(2)3)70-57(84)46(29-37-12-10-9-11-13-37)71-55(82)44(18-24-64)69-52(39)79/h9-13,33-36,38-46,51,73-74H,7-8,14-32,60-64H2,1-6H3,(H,65,85)(H,66,78)(H,67,81)(H,68,83)(H,69,79)(H,70,84)(H,71,82)(H,72,80)/t34?,35?,36?,38-,39-,40+,41+,42+,43+,44+,45+,46-,51+/m1/s1. The quantitative estimate of drug-likeness (QED) is 0.0257. The predicted octanol–water partition coefficient (Wildman–Crippen LogP) is -3.21. The van der Waals surface area contributed by atoms with Crippen molar-refractivity contribution in [2.24, 2.45) is 58.3 Å². The average molecular weight is 1230 g/mol.